The molecular formula is C12H13N3O2. The third-order valence-corrected chi connectivity index (χ3v) is 2.43. The maximum Gasteiger partial charge on any atom is 0.335 e. The van der Waals surface area contributed by atoms with Gasteiger partial charge in [-0.3, -0.25) is 0 Å². The van der Waals surface area contributed by atoms with E-state index in [9.17, 15) is 4.79 Å². The molecule has 0 aliphatic carbocycles. The van der Waals surface area contributed by atoms with Gasteiger partial charge in [0.25, 0.3) is 0 Å². The van der Waals surface area contributed by atoms with Crippen LogP contribution in [0.25, 0.3) is 5.82 Å². The van der Waals surface area contributed by atoms with Gasteiger partial charge in [-0.15, -0.1) is 0 Å². The molecule has 5 nitrogen and oxygen atoms in total. The molecule has 0 aromatic carbocycles. The van der Waals surface area contributed by atoms with Crippen LogP contribution in [0.5, 0.6) is 0 Å². The summed E-state index contributed by atoms with van der Waals surface area (Å²) in [5, 5.41) is 13.2. The van der Waals surface area contributed by atoms with E-state index in [0.29, 0.717) is 11.7 Å². The number of nitrogens with zero attached hydrogens (tertiary/aromatic N) is 3. The first-order valence-corrected chi connectivity index (χ1v) is 5.33. The van der Waals surface area contributed by atoms with Gasteiger partial charge in [-0.2, -0.15) is 5.10 Å². The Kier molecular flexibility index (Phi) is 2.91. The topological polar surface area (TPSA) is 68.0 Å². The summed E-state index contributed by atoms with van der Waals surface area (Å²) in [5.41, 5.74) is 1.16. The Balaban J connectivity index is 2.38. The number of aromatic carboxylic acids is 1. The Morgan fingerprint density at radius 2 is 2.18 bits per heavy atom. The lowest BCUT2D eigenvalue weighted by molar-refractivity contribution is 0.0696. The molecule has 0 fully saturated rings. The largest absolute Gasteiger partial charge is 0.478 e. The van der Waals surface area contributed by atoms with Crippen molar-refractivity contribution in [1.82, 2.24) is 14.8 Å². The van der Waals surface area contributed by atoms with Crippen LogP contribution in [0, 0.1) is 0 Å². The molecule has 0 unspecified atom stereocenters. The van der Waals surface area contributed by atoms with Crippen molar-refractivity contribution in [3.63, 3.8) is 0 Å². The van der Waals surface area contributed by atoms with E-state index in [1.165, 1.54) is 18.3 Å². The first kappa shape index (κ1) is 11.3. The van der Waals surface area contributed by atoms with Gasteiger partial charge in [0, 0.05) is 12.4 Å². The number of hydrogen-bond donors (Lipinski definition) is 1. The standard InChI is InChI=1S/C12H13N3O2/c1-8(2)10-4-6-15(14-10)11-7-9(12(16)17)3-5-13-11/h3-8H,1-2H3,(H,16,17). The normalized spacial score (nSPS) is 10.8. The predicted octanol–water partition coefficient (Wildman–Crippen LogP) is 2.09. The zero-order valence-corrected chi connectivity index (χ0v) is 9.66. The highest BCUT2D eigenvalue weighted by Gasteiger charge is 2.08. The number of aromatic nitrogens is 3. The molecular weight excluding hydrogens is 218 g/mol. The Hall–Kier alpha value is -2.17. The molecule has 1 N–H and O–H groups in total. The summed E-state index contributed by atoms with van der Waals surface area (Å²) in [7, 11) is 0. The van der Waals surface area contributed by atoms with Crippen molar-refractivity contribution >= 4 is 5.97 Å². The SMILES string of the molecule is CC(C)c1ccn(-c2cc(C(=O)O)ccn2)n1. The zero-order chi connectivity index (χ0) is 12.4. The summed E-state index contributed by atoms with van der Waals surface area (Å²) in [6.07, 6.45) is 3.25. The van der Waals surface area contributed by atoms with Gasteiger partial charge in [0.05, 0.1) is 11.3 Å². The third kappa shape index (κ3) is 2.33. The smallest absolute Gasteiger partial charge is 0.335 e. The van der Waals surface area contributed by atoms with Crippen LogP contribution in [0.2, 0.25) is 0 Å². The third-order valence-electron chi connectivity index (χ3n) is 2.43. The van der Waals surface area contributed by atoms with Crippen molar-refractivity contribution < 1.29 is 9.90 Å². The number of carboxylic acids is 1. The number of hydrogen-bond acceptors (Lipinski definition) is 3. The lowest BCUT2D eigenvalue weighted by Gasteiger charge is -2.02. The van der Waals surface area contributed by atoms with Crippen LogP contribution in [0.1, 0.15) is 35.8 Å². The van der Waals surface area contributed by atoms with E-state index < -0.39 is 5.97 Å². The Bertz CT molecular complexity index is 546. The van der Waals surface area contributed by atoms with E-state index in [2.05, 4.69) is 10.1 Å². The molecule has 0 saturated heterocycles. The molecule has 0 atom stereocenters. The van der Waals surface area contributed by atoms with E-state index in [1.807, 2.05) is 19.9 Å². The fourth-order valence-electron chi connectivity index (χ4n) is 1.45. The number of pyridine rings is 1. The van der Waals surface area contributed by atoms with Crippen molar-refractivity contribution in [2.24, 2.45) is 0 Å². The molecule has 2 aromatic heterocycles. The van der Waals surface area contributed by atoms with Crippen LogP contribution >= 0.6 is 0 Å². The first-order valence-electron chi connectivity index (χ1n) is 5.33. The minimum absolute atomic E-state index is 0.205. The van der Waals surface area contributed by atoms with E-state index in [4.69, 9.17) is 5.11 Å². The molecule has 5 heteroatoms. The van der Waals surface area contributed by atoms with Crippen molar-refractivity contribution in [1.29, 1.82) is 0 Å². The molecule has 0 spiro atoms. The van der Waals surface area contributed by atoms with Crippen molar-refractivity contribution in [3.05, 3.63) is 41.9 Å². The van der Waals surface area contributed by atoms with E-state index in [-0.39, 0.29) is 5.56 Å². The highest BCUT2D eigenvalue weighted by atomic mass is 16.4. The molecule has 0 saturated carbocycles. The highest BCUT2D eigenvalue weighted by molar-refractivity contribution is 5.87. The lowest BCUT2D eigenvalue weighted by Crippen LogP contribution is -2.03. The average Bonchev–Trinajstić information content (AvgIpc) is 2.78. The summed E-state index contributed by atoms with van der Waals surface area (Å²) in [5.74, 6) is -0.124. The van der Waals surface area contributed by atoms with Crippen LogP contribution in [-0.2, 0) is 0 Å². The maximum absolute atomic E-state index is 10.8. The number of carbonyl (C=O) groups is 1. The summed E-state index contributed by atoms with van der Waals surface area (Å²) < 4.78 is 1.59. The molecule has 88 valence electrons. The quantitative estimate of drug-likeness (QED) is 0.878. The number of carboxylic acid groups (broad SMARTS) is 1. The molecule has 2 rings (SSSR count). The van der Waals surface area contributed by atoms with Gasteiger partial charge in [-0.25, -0.2) is 14.5 Å². The van der Waals surface area contributed by atoms with E-state index >= 15 is 0 Å². The Morgan fingerprint density at radius 1 is 1.41 bits per heavy atom. The van der Waals surface area contributed by atoms with Crippen LogP contribution < -0.4 is 0 Å². The fourth-order valence-corrected chi connectivity index (χ4v) is 1.45. The fraction of sp³-hybridized carbons (Fsp3) is 0.250. The first-order chi connectivity index (χ1) is 8.08. The second-order valence-corrected chi connectivity index (χ2v) is 4.05. The molecule has 0 amide bonds. The second-order valence-electron chi connectivity index (χ2n) is 4.05. The van der Waals surface area contributed by atoms with Gasteiger partial charge >= 0.3 is 5.97 Å². The van der Waals surface area contributed by atoms with Crippen molar-refractivity contribution in [2.75, 3.05) is 0 Å². The second kappa shape index (κ2) is 4.37. The van der Waals surface area contributed by atoms with Crippen LogP contribution in [-0.4, -0.2) is 25.8 Å². The van der Waals surface area contributed by atoms with Gasteiger partial charge < -0.3 is 5.11 Å². The number of rotatable bonds is 3. The molecule has 17 heavy (non-hydrogen) atoms. The minimum atomic E-state index is -0.968. The molecule has 2 aromatic rings. The zero-order valence-electron chi connectivity index (χ0n) is 9.66. The highest BCUT2D eigenvalue weighted by Crippen LogP contribution is 2.13. The molecule has 0 aliphatic rings. The lowest BCUT2D eigenvalue weighted by atomic mass is 10.1. The summed E-state index contributed by atoms with van der Waals surface area (Å²) in [6, 6.07) is 4.86. The average molecular weight is 231 g/mol. The minimum Gasteiger partial charge on any atom is -0.478 e. The van der Waals surface area contributed by atoms with E-state index in [0.717, 1.165) is 5.69 Å². The van der Waals surface area contributed by atoms with Gasteiger partial charge in [-0.05, 0) is 24.1 Å². The maximum atomic E-state index is 10.8. The Labute approximate surface area is 98.7 Å². The van der Waals surface area contributed by atoms with Gasteiger partial charge in [0.1, 0.15) is 0 Å². The predicted molar refractivity (Wildman–Crippen MR) is 62.4 cm³/mol. The van der Waals surface area contributed by atoms with Crippen molar-refractivity contribution in [2.45, 2.75) is 19.8 Å². The molecule has 0 bridgehead atoms. The molecule has 0 radical (unpaired) electrons. The van der Waals surface area contributed by atoms with Gasteiger partial charge in [0.15, 0.2) is 5.82 Å². The summed E-state index contributed by atoms with van der Waals surface area (Å²) >= 11 is 0. The summed E-state index contributed by atoms with van der Waals surface area (Å²) in [6.45, 7) is 4.10. The summed E-state index contributed by atoms with van der Waals surface area (Å²) in [4.78, 5) is 14.9. The van der Waals surface area contributed by atoms with Gasteiger partial charge in [-0.1, -0.05) is 13.8 Å². The van der Waals surface area contributed by atoms with Crippen LogP contribution in [0.3, 0.4) is 0 Å². The molecule has 2 heterocycles. The van der Waals surface area contributed by atoms with E-state index in [1.54, 1.807) is 10.9 Å². The monoisotopic (exact) mass is 231 g/mol. The van der Waals surface area contributed by atoms with Gasteiger partial charge in [0.2, 0.25) is 0 Å². The van der Waals surface area contributed by atoms with Crippen LogP contribution in [0.4, 0.5) is 0 Å². The molecule has 0 aliphatic heterocycles. The Morgan fingerprint density at radius 3 is 2.76 bits per heavy atom. The van der Waals surface area contributed by atoms with Crippen LogP contribution in [0.15, 0.2) is 30.6 Å². The van der Waals surface area contributed by atoms with Crippen molar-refractivity contribution in [3.8, 4) is 5.82 Å².